The molecule has 0 spiro atoms. The van der Waals surface area contributed by atoms with E-state index in [0.717, 1.165) is 38.9 Å². The van der Waals surface area contributed by atoms with Gasteiger partial charge in [-0.3, -0.25) is 4.79 Å². The highest BCUT2D eigenvalue weighted by molar-refractivity contribution is 5.80. The molecule has 0 aromatic rings. The summed E-state index contributed by atoms with van der Waals surface area (Å²) in [7, 11) is 1.46. The van der Waals surface area contributed by atoms with E-state index in [4.69, 9.17) is 4.74 Å². The minimum absolute atomic E-state index is 0.166. The van der Waals surface area contributed by atoms with Gasteiger partial charge in [-0.05, 0) is 46.2 Å². The summed E-state index contributed by atoms with van der Waals surface area (Å²) < 4.78 is 4.95. The maximum atomic E-state index is 12.0. The molecule has 2 unspecified atom stereocenters. The first-order valence-corrected chi connectivity index (χ1v) is 7.52. The van der Waals surface area contributed by atoms with Crippen LogP contribution in [0.4, 0.5) is 0 Å². The third kappa shape index (κ3) is 5.91. The fourth-order valence-electron chi connectivity index (χ4n) is 2.20. The van der Waals surface area contributed by atoms with Gasteiger partial charge in [0.25, 0.3) is 0 Å². The molecule has 4 heteroatoms. The Labute approximate surface area is 118 Å². The summed E-state index contributed by atoms with van der Waals surface area (Å²) in [6.07, 6.45) is 2.92. The number of carbonyl (C=O) groups excluding carboxylic acids is 1. The Balaban J connectivity index is 4.59. The summed E-state index contributed by atoms with van der Waals surface area (Å²) >= 11 is 0. The van der Waals surface area contributed by atoms with Gasteiger partial charge in [-0.2, -0.15) is 0 Å². The van der Waals surface area contributed by atoms with Crippen LogP contribution in [0.15, 0.2) is 0 Å². The van der Waals surface area contributed by atoms with Gasteiger partial charge in [0.05, 0.1) is 7.11 Å². The minimum Gasteiger partial charge on any atom is -0.468 e. The van der Waals surface area contributed by atoms with Gasteiger partial charge in [0.2, 0.25) is 0 Å². The smallest absolute Gasteiger partial charge is 0.325 e. The molecule has 0 aliphatic heterocycles. The van der Waals surface area contributed by atoms with Crippen LogP contribution in [0, 0.1) is 0 Å². The van der Waals surface area contributed by atoms with Gasteiger partial charge in [-0.15, -0.1) is 0 Å². The van der Waals surface area contributed by atoms with Gasteiger partial charge in [0.15, 0.2) is 0 Å². The van der Waals surface area contributed by atoms with Crippen LogP contribution in [0.3, 0.4) is 0 Å². The number of carbonyl (C=O) groups is 1. The summed E-state index contributed by atoms with van der Waals surface area (Å²) in [6.45, 7) is 13.4. The Hall–Kier alpha value is -0.610. The van der Waals surface area contributed by atoms with Crippen LogP contribution in [-0.4, -0.2) is 49.2 Å². The molecule has 0 aromatic carbocycles. The number of ether oxygens (including phenoxy) is 1. The molecule has 0 heterocycles. The van der Waals surface area contributed by atoms with Crippen molar-refractivity contribution in [2.75, 3.05) is 26.7 Å². The normalized spacial score (nSPS) is 16.2. The van der Waals surface area contributed by atoms with E-state index >= 15 is 0 Å². The average Bonchev–Trinajstić information content (AvgIpc) is 2.44. The Morgan fingerprint density at radius 1 is 1.37 bits per heavy atom. The second kappa shape index (κ2) is 9.32. The second-order valence-electron chi connectivity index (χ2n) is 5.39. The van der Waals surface area contributed by atoms with Crippen molar-refractivity contribution >= 4 is 5.97 Å². The molecule has 0 rings (SSSR count). The number of esters is 1. The van der Waals surface area contributed by atoms with Gasteiger partial charge in [-0.1, -0.05) is 20.8 Å². The van der Waals surface area contributed by atoms with E-state index in [2.05, 4.69) is 37.9 Å². The molecule has 114 valence electrons. The highest BCUT2D eigenvalue weighted by Crippen LogP contribution is 2.15. The zero-order valence-electron chi connectivity index (χ0n) is 13.6. The molecule has 0 fully saturated rings. The molecule has 0 saturated heterocycles. The number of methoxy groups -OCH3 is 1. The third-order valence-electron chi connectivity index (χ3n) is 3.92. The summed E-state index contributed by atoms with van der Waals surface area (Å²) in [4.78, 5) is 14.4. The predicted octanol–water partition coefficient (Wildman–Crippen LogP) is 2.43. The van der Waals surface area contributed by atoms with Crippen molar-refractivity contribution in [3.63, 3.8) is 0 Å². The van der Waals surface area contributed by atoms with Crippen molar-refractivity contribution in [1.82, 2.24) is 10.2 Å². The SMILES string of the molecule is CCCNC(C)(CCN(CC)C(C)CC)C(=O)OC. The monoisotopic (exact) mass is 272 g/mol. The van der Waals surface area contributed by atoms with Crippen molar-refractivity contribution in [2.45, 2.75) is 65.5 Å². The van der Waals surface area contributed by atoms with Gasteiger partial charge >= 0.3 is 5.97 Å². The molecular formula is C15H32N2O2. The number of hydrogen-bond donors (Lipinski definition) is 1. The second-order valence-corrected chi connectivity index (χ2v) is 5.39. The van der Waals surface area contributed by atoms with Crippen molar-refractivity contribution in [2.24, 2.45) is 0 Å². The lowest BCUT2D eigenvalue weighted by Gasteiger charge is -2.33. The van der Waals surface area contributed by atoms with Gasteiger partial charge < -0.3 is 15.0 Å². The van der Waals surface area contributed by atoms with E-state index in [1.165, 1.54) is 7.11 Å². The highest BCUT2D eigenvalue weighted by Gasteiger charge is 2.33. The third-order valence-corrected chi connectivity index (χ3v) is 3.92. The molecular weight excluding hydrogens is 240 g/mol. The lowest BCUT2D eigenvalue weighted by molar-refractivity contribution is -0.148. The lowest BCUT2D eigenvalue weighted by atomic mass is 9.96. The van der Waals surface area contributed by atoms with E-state index in [1.807, 2.05) is 6.92 Å². The largest absolute Gasteiger partial charge is 0.468 e. The van der Waals surface area contributed by atoms with Crippen LogP contribution in [0.5, 0.6) is 0 Å². The molecule has 0 aliphatic carbocycles. The number of hydrogen-bond acceptors (Lipinski definition) is 4. The lowest BCUT2D eigenvalue weighted by Crippen LogP contribution is -2.52. The molecule has 0 aliphatic rings. The van der Waals surface area contributed by atoms with Gasteiger partial charge in [0, 0.05) is 12.6 Å². The van der Waals surface area contributed by atoms with Gasteiger partial charge in [0.1, 0.15) is 5.54 Å². The molecule has 0 bridgehead atoms. The summed E-state index contributed by atoms with van der Waals surface area (Å²) in [5, 5.41) is 3.33. The van der Waals surface area contributed by atoms with Crippen molar-refractivity contribution in [3.8, 4) is 0 Å². The Morgan fingerprint density at radius 2 is 2.00 bits per heavy atom. The quantitative estimate of drug-likeness (QED) is 0.620. The standard InChI is InChI=1S/C15H32N2O2/c1-7-11-16-15(5,14(18)19-6)10-12-17(9-3)13(4)8-2/h13,16H,7-12H2,1-6H3. The maximum Gasteiger partial charge on any atom is 0.325 e. The fourth-order valence-corrected chi connectivity index (χ4v) is 2.20. The van der Waals surface area contributed by atoms with Crippen LogP contribution in [0.2, 0.25) is 0 Å². The fraction of sp³-hybridized carbons (Fsp3) is 0.933. The first kappa shape index (κ1) is 18.4. The zero-order chi connectivity index (χ0) is 14.9. The first-order chi connectivity index (χ1) is 8.95. The molecule has 0 amide bonds. The van der Waals surface area contributed by atoms with E-state index in [0.29, 0.717) is 6.04 Å². The first-order valence-electron chi connectivity index (χ1n) is 7.52. The molecule has 0 saturated carbocycles. The van der Waals surface area contributed by atoms with Crippen molar-refractivity contribution in [1.29, 1.82) is 0 Å². The highest BCUT2D eigenvalue weighted by atomic mass is 16.5. The predicted molar refractivity (Wildman–Crippen MR) is 80.3 cm³/mol. The van der Waals surface area contributed by atoms with Crippen LogP contribution in [0.25, 0.3) is 0 Å². The van der Waals surface area contributed by atoms with E-state index in [1.54, 1.807) is 0 Å². The summed E-state index contributed by atoms with van der Waals surface area (Å²) in [5.74, 6) is -0.166. The van der Waals surface area contributed by atoms with E-state index in [-0.39, 0.29) is 5.97 Å². The number of nitrogens with one attached hydrogen (secondary N) is 1. The maximum absolute atomic E-state index is 12.0. The molecule has 2 atom stereocenters. The Kier molecular flexibility index (Phi) is 9.02. The zero-order valence-corrected chi connectivity index (χ0v) is 13.6. The number of rotatable bonds is 10. The molecule has 19 heavy (non-hydrogen) atoms. The van der Waals surface area contributed by atoms with Crippen LogP contribution < -0.4 is 5.32 Å². The van der Waals surface area contributed by atoms with Crippen molar-refractivity contribution < 1.29 is 9.53 Å². The topological polar surface area (TPSA) is 41.6 Å². The summed E-state index contributed by atoms with van der Waals surface area (Å²) in [5.41, 5.74) is -0.578. The van der Waals surface area contributed by atoms with E-state index in [9.17, 15) is 4.79 Å². The molecule has 0 radical (unpaired) electrons. The molecule has 4 nitrogen and oxygen atoms in total. The van der Waals surface area contributed by atoms with Crippen LogP contribution in [0.1, 0.15) is 53.9 Å². The molecule has 1 N–H and O–H groups in total. The average molecular weight is 272 g/mol. The Morgan fingerprint density at radius 3 is 2.42 bits per heavy atom. The van der Waals surface area contributed by atoms with Crippen LogP contribution >= 0.6 is 0 Å². The summed E-state index contributed by atoms with van der Waals surface area (Å²) in [6, 6.07) is 0.554. The molecule has 0 aromatic heterocycles. The van der Waals surface area contributed by atoms with Crippen LogP contribution in [-0.2, 0) is 9.53 Å². The van der Waals surface area contributed by atoms with E-state index < -0.39 is 5.54 Å². The Bertz CT molecular complexity index is 259. The van der Waals surface area contributed by atoms with Gasteiger partial charge in [-0.25, -0.2) is 0 Å². The minimum atomic E-state index is -0.578. The number of nitrogens with zero attached hydrogens (tertiary/aromatic N) is 1. The van der Waals surface area contributed by atoms with Crippen molar-refractivity contribution in [3.05, 3.63) is 0 Å².